The van der Waals surface area contributed by atoms with Crippen molar-refractivity contribution < 1.29 is 14.3 Å². The first-order valence-electron chi connectivity index (χ1n) is 7.40. The van der Waals surface area contributed by atoms with Crippen LogP contribution in [0, 0.1) is 6.92 Å². The Hall–Kier alpha value is -0.820. The van der Waals surface area contributed by atoms with Gasteiger partial charge in [0, 0.05) is 11.0 Å². The van der Waals surface area contributed by atoms with Gasteiger partial charge in [-0.2, -0.15) is 0 Å². The zero-order valence-electron chi connectivity index (χ0n) is 14.0. The molecule has 0 spiro atoms. The third-order valence-corrected chi connectivity index (χ3v) is 4.56. The molecule has 22 heavy (non-hydrogen) atoms. The molecule has 124 valence electrons. The number of carbonyl (C=O) groups excluding carboxylic acids is 1. The van der Waals surface area contributed by atoms with Crippen LogP contribution in [0.5, 0.6) is 0 Å². The average Bonchev–Trinajstić information content (AvgIpc) is 2.42. The van der Waals surface area contributed by atoms with E-state index in [1.54, 1.807) is 0 Å². The lowest BCUT2D eigenvalue weighted by Gasteiger charge is -2.29. The highest BCUT2D eigenvalue weighted by Gasteiger charge is 2.26. The van der Waals surface area contributed by atoms with Gasteiger partial charge in [0.25, 0.3) is 0 Å². The van der Waals surface area contributed by atoms with Crippen molar-refractivity contribution in [3.63, 3.8) is 0 Å². The Morgan fingerprint density at radius 3 is 2.27 bits per heavy atom. The Balaban J connectivity index is 2.47. The maximum atomic E-state index is 11.6. The van der Waals surface area contributed by atoms with Gasteiger partial charge in [-0.3, -0.25) is 0 Å². The summed E-state index contributed by atoms with van der Waals surface area (Å²) in [5.74, 6) is 0. The first-order chi connectivity index (χ1) is 10.2. The first kappa shape index (κ1) is 19.2. The number of alkyl halides is 1. The number of benzene rings is 1. The van der Waals surface area contributed by atoms with Gasteiger partial charge in [-0.1, -0.05) is 52.4 Å². The van der Waals surface area contributed by atoms with E-state index < -0.39 is 11.7 Å². The molecule has 1 N–H and O–H groups in total. The average molecular weight is 419 g/mol. The van der Waals surface area contributed by atoms with Crippen LogP contribution in [0.4, 0.5) is 4.79 Å². The summed E-state index contributed by atoms with van der Waals surface area (Å²) in [4.78, 5) is 11.6. The summed E-state index contributed by atoms with van der Waals surface area (Å²) < 4.78 is 12.0. The van der Waals surface area contributed by atoms with E-state index in [4.69, 9.17) is 9.47 Å². The fraction of sp³-hybridized carbons (Fsp3) is 0.588. The van der Waals surface area contributed by atoms with E-state index in [9.17, 15) is 4.79 Å². The van der Waals surface area contributed by atoms with Crippen LogP contribution in [0.2, 0.25) is 0 Å². The number of rotatable bonds is 6. The van der Waals surface area contributed by atoms with Crippen molar-refractivity contribution in [3.05, 3.63) is 35.4 Å². The van der Waals surface area contributed by atoms with Crippen molar-refractivity contribution in [2.24, 2.45) is 0 Å². The molecule has 0 aliphatic rings. The topological polar surface area (TPSA) is 47.6 Å². The number of nitrogens with one attached hydrogen (secondary N) is 1. The molecule has 0 unspecified atom stereocenters. The highest BCUT2D eigenvalue weighted by molar-refractivity contribution is 14.1. The molecule has 4 nitrogen and oxygen atoms in total. The van der Waals surface area contributed by atoms with E-state index in [1.807, 2.05) is 20.8 Å². The molecule has 0 heterocycles. The van der Waals surface area contributed by atoms with Crippen molar-refractivity contribution in [2.45, 2.75) is 45.8 Å². The summed E-state index contributed by atoms with van der Waals surface area (Å²) in [6, 6.07) is 8.36. The summed E-state index contributed by atoms with van der Waals surface area (Å²) in [7, 11) is 0. The van der Waals surface area contributed by atoms with Crippen LogP contribution in [0.25, 0.3) is 0 Å². The summed E-state index contributed by atoms with van der Waals surface area (Å²) in [5.41, 5.74) is 1.53. The minimum atomic E-state index is -0.483. The van der Waals surface area contributed by atoms with Crippen molar-refractivity contribution in [2.75, 3.05) is 17.6 Å². The maximum Gasteiger partial charge on any atom is 0.407 e. The molecule has 0 aliphatic heterocycles. The van der Waals surface area contributed by atoms with Crippen LogP contribution >= 0.6 is 22.6 Å². The molecule has 0 aromatic heterocycles. The molecule has 1 aromatic carbocycles. The molecule has 1 amide bonds. The Kier molecular flexibility index (Phi) is 7.12. The minimum absolute atomic E-state index is 0.357. The SMILES string of the molecule is Cc1ccc([C@@](C)(CI)OCCNC(=O)OC(C)(C)C)cc1. The Bertz CT molecular complexity index is 482. The van der Waals surface area contributed by atoms with Crippen LogP contribution in [-0.4, -0.2) is 29.3 Å². The Morgan fingerprint density at radius 2 is 1.77 bits per heavy atom. The standard InChI is InChI=1S/C17H26INO3/c1-13-6-8-14(9-7-13)17(5,12-18)21-11-10-19-15(20)22-16(2,3)4/h6-9H,10-12H2,1-5H3,(H,19,20)/t17-/m1/s1. The summed E-state index contributed by atoms with van der Waals surface area (Å²) >= 11 is 2.32. The molecule has 1 rings (SSSR count). The largest absolute Gasteiger partial charge is 0.444 e. The molecule has 0 aliphatic carbocycles. The Morgan fingerprint density at radius 1 is 1.18 bits per heavy atom. The number of aryl methyl sites for hydroxylation is 1. The monoisotopic (exact) mass is 419 g/mol. The van der Waals surface area contributed by atoms with Gasteiger partial charge in [0.1, 0.15) is 5.60 Å². The lowest BCUT2D eigenvalue weighted by molar-refractivity contribution is -0.0150. The van der Waals surface area contributed by atoms with Gasteiger partial charge < -0.3 is 14.8 Å². The van der Waals surface area contributed by atoms with Crippen LogP contribution in [0.3, 0.4) is 0 Å². The van der Waals surface area contributed by atoms with Gasteiger partial charge in [-0.05, 0) is 40.2 Å². The van der Waals surface area contributed by atoms with Crippen LogP contribution in [0.15, 0.2) is 24.3 Å². The molecule has 1 aromatic rings. The minimum Gasteiger partial charge on any atom is -0.444 e. The molecule has 0 saturated heterocycles. The molecule has 0 bridgehead atoms. The number of halogens is 1. The summed E-state index contributed by atoms with van der Waals surface area (Å²) in [6.45, 7) is 10.5. The van der Waals surface area contributed by atoms with E-state index in [-0.39, 0.29) is 5.60 Å². The number of amides is 1. The van der Waals surface area contributed by atoms with Gasteiger partial charge in [-0.15, -0.1) is 0 Å². The molecular weight excluding hydrogens is 393 g/mol. The predicted octanol–water partition coefficient (Wildman–Crippen LogP) is 4.19. The van der Waals surface area contributed by atoms with E-state index in [2.05, 4.69) is 66.0 Å². The first-order valence-corrected chi connectivity index (χ1v) is 8.93. The van der Waals surface area contributed by atoms with Gasteiger partial charge in [-0.25, -0.2) is 4.79 Å². The van der Waals surface area contributed by atoms with Crippen molar-refractivity contribution >= 4 is 28.7 Å². The normalized spacial score (nSPS) is 14.3. The van der Waals surface area contributed by atoms with Crippen LogP contribution in [-0.2, 0) is 15.1 Å². The number of hydrogen-bond acceptors (Lipinski definition) is 3. The number of alkyl carbamates (subject to hydrolysis) is 1. The molecule has 0 fully saturated rings. The van der Waals surface area contributed by atoms with Crippen LogP contribution in [0.1, 0.15) is 38.8 Å². The molecule has 1 atom stereocenters. The van der Waals surface area contributed by atoms with Gasteiger partial charge >= 0.3 is 6.09 Å². The van der Waals surface area contributed by atoms with Crippen molar-refractivity contribution in [3.8, 4) is 0 Å². The Labute approximate surface area is 147 Å². The molecule has 5 heteroatoms. The third-order valence-electron chi connectivity index (χ3n) is 3.11. The predicted molar refractivity (Wildman–Crippen MR) is 97.6 cm³/mol. The number of hydrogen-bond donors (Lipinski definition) is 1. The maximum absolute atomic E-state index is 11.6. The number of ether oxygens (including phenoxy) is 2. The summed E-state index contributed by atoms with van der Waals surface area (Å²) in [5, 5.41) is 2.71. The molecule has 0 saturated carbocycles. The second-order valence-electron chi connectivity index (χ2n) is 6.51. The zero-order chi connectivity index (χ0) is 16.8. The van der Waals surface area contributed by atoms with Gasteiger partial charge in [0.2, 0.25) is 0 Å². The lowest BCUT2D eigenvalue weighted by Crippen LogP contribution is -2.36. The second-order valence-corrected chi connectivity index (χ2v) is 7.27. The highest BCUT2D eigenvalue weighted by Crippen LogP contribution is 2.27. The van der Waals surface area contributed by atoms with Crippen LogP contribution < -0.4 is 5.32 Å². The van der Waals surface area contributed by atoms with E-state index in [0.29, 0.717) is 13.2 Å². The molecule has 0 radical (unpaired) electrons. The smallest absolute Gasteiger partial charge is 0.407 e. The summed E-state index contributed by atoms with van der Waals surface area (Å²) in [6.07, 6.45) is -0.414. The van der Waals surface area contributed by atoms with E-state index >= 15 is 0 Å². The van der Waals surface area contributed by atoms with Crippen molar-refractivity contribution in [1.82, 2.24) is 5.32 Å². The van der Waals surface area contributed by atoms with Gasteiger partial charge in [0.05, 0.1) is 12.2 Å². The van der Waals surface area contributed by atoms with Gasteiger partial charge in [0.15, 0.2) is 0 Å². The second kappa shape index (κ2) is 8.15. The fourth-order valence-electron chi connectivity index (χ4n) is 1.85. The molecular formula is C17H26INO3. The lowest BCUT2D eigenvalue weighted by atomic mass is 9.97. The third kappa shape index (κ3) is 6.52. The fourth-order valence-corrected chi connectivity index (χ4v) is 2.51. The van der Waals surface area contributed by atoms with E-state index in [1.165, 1.54) is 5.56 Å². The quantitative estimate of drug-likeness (QED) is 0.428. The number of carbonyl (C=O) groups is 1. The zero-order valence-corrected chi connectivity index (χ0v) is 16.2. The van der Waals surface area contributed by atoms with E-state index in [0.717, 1.165) is 9.99 Å². The van der Waals surface area contributed by atoms with Crippen molar-refractivity contribution in [1.29, 1.82) is 0 Å². The highest BCUT2D eigenvalue weighted by atomic mass is 127.